The number of piperidine rings is 1. The zero-order valence-electron chi connectivity index (χ0n) is 11.0. The first-order chi connectivity index (χ1) is 7.72. The van der Waals surface area contributed by atoms with Crippen LogP contribution in [0.2, 0.25) is 0 Å². The third kappa shape index (κ3) is 2.60. The number of hydrogen-bond donors (Lipinski definition) is 1. The molecule has 1 unspecified atom stereocenters. The molecule has 1 heterocycles. The maximum absolute atomic E-state index is 5.73. The second-order valence-corrected chi connectivity index (χ2v) is 6.09. The summed E-state index contributed by atoms with van der Waals surface area (Å²) in [5.41, 5.74) is 5.73. The molecule has 0 aromatic heterocycles. The van der Waals surface area contributed by atoms with Gasteiger partial charge in [-0.2, -0.15) is 0 Å². The molecular formula is C14H28N2. The van der Waals surface area contributed by atoms with Gasteiger partial charge >= 0.3 is 0 Å². The molecule has 0 amide bonds. The maximum Gasteiger partial charge on any atom is 0.0110 e. The number of likely N-dealkylation sites (tertiary alicyclic amines) is 1. The zero-order valence-corrected chi connectivity index (χ0v) is 11.0. The zero-order chi connectivity index (χ0) is 11.5. The van der Waals surface area contributed by atoms with Gasteiger partial charge in [0.15, 0.2) is 0 Å². The molecule has 2 nitrogen and oxygen atoms in total. The molecule has 0 spiro atoms. The summed E-state index contributed by atoms with van der Waals surface area (Å²) in [5, 5.41) is 0. The van der Waals surface area contributed by atoms with Gasteiger partial charge in [0, 0.05) is 12.1 Å². The quantitative estimate of drug-likeness (QED) is 0.795. The molecule has 0 radical (unpaired) electrons. The first-order valence-electron chi connectivity index (χ1n) is 7.18. The summed E-state index contributed by atoms with van der Waals surface area (Å²) in [7, 11) is 0. The molecule has 0 bridgehead atoms. The lowest BCUT2D eigenvalue weighted by Gasteiger charge is -2.49. The van der Waals surface area contributed by atoms with Crippen LogP contribution in [0.5, 0.6) is 0 Å². The average Bonchev–Trinajstić information content (AvgIpc) is 2.18. The summed E-state index contributed by atoms with van der Waals surface area (Å²) in [6.45, 7) is 6.94. The van der Waals surface area contributed by atoms with E-state index < -0.39 is 0 Å². The molecule has 2 fully saturated rings. The smallest absolute Gasteiger partial charge is 0.0110 e. The topological polar surface area (TPSA) is 29.3 Å². The second kappa shape index (κ2) is 5.50. The Labute approximate surface area is 101 Å². The van der Waals surface area contributed by atoms with Crippen LogP contribution in [-0.4, -0.2) is 30.1 Å². The van der Waals surface area contributed by atoms with E-state index in [1.54, 1.807) is 0 Å². The molecule has 0 aromatic carbocycles. The van der Waals surface area contributed by atoms with Crippen LogP contribution in [0.3, 0.4) is 0 Å². The summed E-state index contributed by atoms with van der Waals surface area (Å²) < 4.78 is 0. The van der Waals surface area contributed by atoms with Gasteiger partial charge < -0.3 is 5.73 Å². The van der Waals surface area contributed by atoms with Crippen LogP contribution in [0.15, 0.2) is 0 Å². The van der Waals surface area contributed by atoms with E-state index in [-0.39, 0.29) is 0 Å². The van der Waals surface area contributed by atoms with Crippen LogP contribution < -0.4 is 5.73 Å². The van der Waals surface area contributed by atoms with Gasteiger partial charge in [0.2, 0.25) is 0 Å². The number of rotatable bonds is 4. The van der Waals surface area contributed by atoms with Crippen molar-refractivity contribution in [3.63, 3.8) is 0 Å². The highest BCUT2D eigenvalue weighted by Crippen LogP contribution is 2.39. The predicted octanol–water partition coefficient (Wildman–Crippen LogP) is 2.62. The van der Waals surface area contributed by atoms with E-state index in [0.717, 1.165) is 30.5 Å². The van der Waals surface area contributed by atoms with E-state index in [9.17, 15) is 0 Å². The van der Waals surface area contributed by atoms with Gasteiger partial charge in [-0.25, -0.2) is 0 Å². The molecule has 1 aliphatic heterocycles. The summed E-state index contributed by atoms with van der Waals surface area (Å²) in [4.78, 5) is 2.79. The predicted molar refractivity (Wildman–Crippen MR) is 69.4 cm³/mol. The van der Waals surface area contributed by atoms with E-state index in [0.29, 0.717) is 0 Å². The molecule has 94 valence electrons. The highest BCUT2D eigenvalue weighted by Gasteiger charge is 2.38. The highest BCUT2D eigenvalue weighted by molar-refractivity contribution is 4.92. The van der Waals surface area contributed by atoms with Gasteiger partial charge in [0.05, 0.1) is 0 Å². The average molecular weight is 224 g/mol. The van der Waals surface area contributed by atoms with Crippen molar-refractivity contribution in [1.82, 2.24) is 4.90 Å². The lowest BCUT2D eigenvalue weighted by molar-refractivity contribution is 0.00469. The van der Waals surface area contributed by atoms with Gasteiger partial charge in [0.25, 0.3) is 0 Å². The summed E-state index contributed by atoms with van der Waals surface area (Å²) in [5.74, 6) is 1.87. The SMILES string of the molecule is CC(C)C1CC(N2CCCCC2CCN)C1. The highest BCUT2D eigenvalue weighted by atomic mass is 15.2. The van der Waals surface area contributed by atoms with Crippen LogP contribution in [-0.2, 0) is 0 Å². The van der Waals surface area contributed by atoms with Gasteiger partial charge in [-0.15, -0.1) is 0 Å². The Kier molecular flexibility index (Phi) is 4.26. The van der Waals surface area contributed by atoms with E-state index in [1.165, 1.54) is 45.1 Å². The Hall–Kier alpha value is -0.0800. The van der Waals surface area contributed by atoms with Gasteiger partial charge in [-0.3, -0.25) is 4.90 Å². The van der Waals surface area contributed by atoms with Crippen molar-refractivity contribution < 1.29 is 0 Å². The molecule has 2 N–H and O–H groups in total. The van der Waals surface area contributed by atoms with Crippen LogP contribution in [0.1, 0.15) is 52.4 Å². The van der Waals surface area contributed by atoms with Crippen LogP contribution in [0, 0.1) is 11.8 Å². The maximum atomic E-state index is 5.73. The van der Waals surface area contributed by atoms with E-state index in [4.69, 9.17) is 5.73 Å². The standard InChI is InChI=1S/C14H28N2/c1-11(2)12-9-14(10-12)16-8-4-3-5-13(16)6-7-15/h11-14H,3-10,15H2,1-2H3. The lowest BCUT2D eigenvalue weighted by atomic mass is 9.72. The van der Waals surface area contributed by atoms with Gasteiger partial charge in [-0.1, -0.05) is 20.3 Å². The number of hydrogen-bond acceptors (Lipinski definition) is 2. The molecule has 2 heteroatoms. The summed E-state index contributed by atoms with van der Waals surface area (Å²) >= 11 is 0. The van der Waals surface area contributed by atoms with E-state index in [2.05, 4.69) is 18.7 Å². The molecule has 1 saturated heterocycles. The Balaban J connectivity index is 1.83. The largest absolute Gasteiger partial charge is 0.330 e. The minimum Gasteiger partial charge on any atom is -0.330 e. The normalized spacial score (nSPS) is 36.4. The number of nitrogens with zero attached hydrogens (tertiary/aromatic N) is 1. The van der Waals surface area contributed by atoms with Crippen molar-refractivity contribution in [3.8, 4) is 0 Å². The molecule has 2 rings (SSSR count). The summed E-state index contributed by atoms with van der Waals surface area (Å²) in [6, 6.07) is 1.70. The van der Waals surface area contributed by atoms with Crippen molar-refractivity contribution in [2.24, 2.45) is 17.6 Å². The van der Waals surface area contributed by atoms with Crippen molar-refractivity contribution in [1.29, 1.82) is 0 Å². The van der Waals surface area contributed by atoms with Gasteiger partial charge in [-0.05, 0) is 57.0 Å². The second-order valence-electron chi connectivity index (χ2n) is 6.09. The molecule has 1 saturated carbocycles. The monoisotopic (exact) mass is 224 g/mol. The van der Waals surface area contributed by atoms with E-state index in [1.807, 2.05) is 0 Å². The Morgan fingerprint density at radius 2 is 2.00 bits per heavy atom. The van der Waals surface area contributed by atoms with Crippen LogP contribution >= 0.6 is 0 Å². The third-order valence-corrected chi connectivity index (χ3v) is 4.73. The molecular weight excluding hydrogens is 196 g/mol. The lowest BCUT2D eigenvalue weighted by Crippen LogP contribution is -2.53. The Bertz CT molecular complexity index is 207. The Morgan fingerprint density at radius 1 is 1.25 bits per heavy atom. The first-order valence-corrected chi connectivity index (χ1v) is 7.18. The molecule has 1 aliphatic carbocycles. The van der Waals surface area contributed by atoms with Crippen LogP contribution in [0.25, 0.3) is 0 Å². The van der Waals surface area contributed by atoms with Crippen molar-refractivity contribution in [2.75, 3.05) is 13.1 Å². The van der Waals surface area contributed by atoms with Gasteiger partial charge in [0.1, 0.15) is 0 Å². The Morgan fingerprint density at radius 3 is 2.62 bits per heavy atom. The minimum atomic E-state index is 0.803. The fraction of sp³-hybridized carbons (Fsp3) is 1.00. The third-order valence-electron chi connectivity index (χ3n) is 4.73. The van der Waals surface area contributed by atoms with Crippen molar-refractivity contribution >= 4 is 0 Å². The fourth-order valence-electron chi connectivity index (χ4n) is 3.45. The molecule has 2 aliphatic rings. The summed E-state index contributed by atoms with van der Waals surface area (Å²) in [6.07, 6.45) is 8.31. The number of nitrogens with two attached hydrogens (primary N) is 1. The molecule has 16 heavy (non-hydrogen) atoms. The fourth-order valence-corrected chi connectivity index (χ4v) is 3.45. The van der Waals surface area contributed by atoms with E-state index >= 15 is 0 Å². The minimum absolute atomic E-state index is 0.803. The molecule has 1 atom stereocenters. The molecule has 0 aromatic rings. The van der Waals surface area contributed by atoms with Crippen molar-refractivity contribution in [3.05, 3.63) is 0 Å². The van der Waals surface area contributed by atoms with Crippen LogP contribution in [0.4, 0.5) is 0 Å². The van der Waals surface area contributed by atoms with Crippen molar-refractivity contribution in [2.45, 2.75) is 64.5 Å². The first kappa shape index (κ1) is 12.4.